The van der Waals surface area contributed by atoms with Gasteiger partial charge in [0, 0.05) is 25.4 Å². The smallest absolute Gasteiger partial charge is 0.305 e. The van der Waals surface area contributed by atoms with E-state index in [4.69, 9.17) is 9.47 Å². The number of likely N-dealkylation sites (N-methyl/N-ethyl adjacent to an activating group) is 1. The Balaban J connectivity index is 1.85. The number of benzene rings is 1. The van der Waals surface area contributed by atoms with Gasteiger partial charge in [-0.05, 0) is 69.2 Å². The van der Waals surface area contributed by atoms with Crippen molar-refractivity contribution in [3.05, 3.63) is 29.3 Å². The molecule has 1 aliphatic carbocycles. The van der Waals surface area contributed by atoms with Crippen molar-refractivity contribution in [2.45, 2.75) is 64.8 Å². The minimum Gasteiger partial charge on any atom is -0.497 e. The Hall–Kier alpha value is -2.04. The van der Waals surface area contributed by atoms with Crippen LogP contribution in [0, 0.1) is 0 Å². The van der Waals surface area contributed by atoms with Gasteiger partial charge in [0.05, 0.1) is 13.7 Å². The normalized spacial score (nSPS) is 15.9. The molecule has 0 heterocycles. The summed E-state index contributed by atoms with van der Waals surface area (Å²) < 4.78 is 10.2. The van der Waals surface area contributed by atoms with E-state index in [9.17, 15) is 9.59 Å². The molecule has 1 aliphatic rings. The quantitative estimate of drug-likeness (QED) is 0.499. The molecule has 0 bridgehead atoms. The maximum atomic E-state index is 12.6. The van der Waals surface area contributed by atoms with Crippen LogP contribution in [-0.2, 0) is 27.2 Å². The molecule has 0 N–H and O–H groups in total. The summed E-state index contributed by atoms with van der Waals surface area (Å²) in [5.74, 6) is 0.914. The lowest BCUT2D eigenvalue weighted by atomic mass is 9.87. The Morgan fingerprint density at radius 3 is 2.62 bits per heavy atom. The average Bonchev–Trinajstić information content (AvgIpc) is 2.65. The van der Waals surface area contributed by atoms with Crippen LogP contribution in [0.25, 0.3) is 0 Å². The molecule has 26 heavy (non-hydrogen) atoms. The molecule has 0 spiro atoms. The van der Waals surface area contributed by atoms with Crippen molar-refractivity contribution < 1.29 is 19.1 Å². The Bertz CT molecular complexity index is 614. The minimum absolute atomic E-state index is 0.174. The lowest BCUT2D eigenvalue weighted by Gasteiger charge is -2.35. The van der Waals surface area contributed by atoms with Crippen molar-refractivity contribution in [1.29, 1.82) is 0 Å². The second-order valence-corrected chi connectivity index (χ2v) is 6.72. The molecule has 0 aliphatic heterocycles. The maximum Gasteiger partial charge on any atom is 0.305 e. The van der Waals surface area contributed by atoms with Crippen molar-refractivity contribution in [2.24, 2.45) is 0 Å². The van der Waals surface area contributed by atoms with Crippen molar-refractivity contribution in [3.63, 3.8) is 0 Å². The van der Waals surface area contributed by atoms with Gasteiger partial charge in [0.25, 0.3) is 0 Å². The number of hydrogen-bond donors (Lipinski definition) is 0. The third-order valence-corrected chi connectivity index (χ3v) is 5.04. The fourth-order valence-corrected chi connectivity index (χ4v) is 3.67. The zero-order valence-electron chi connectivity index (χ0n) is 16.3. The number of amides is 1. The highest BCUT2D eigenvalue weighted by Gasteiger charge is 2.26. The number of aryl methyl sites for hydroxylation is 1. The van der Waals surface area contributed by atoms with Crippen LogP contribution in [0.2, 0.25) is 0 Å². The summed E-state index contributed by atoms with van der Waals surface area (Å²) in [5, 5.41) is 0. The molecular formula is C21H31NO4. The van der Waals surface area contributed by atoms with Crippen LogP contribution in [0.4, 0.5) is 0 Å². The van der Waals surface area contributed by atoms with E-state index in [0.717, 1.165) is 38.0 Å². The molecule has 1 unspecified atom stereocenters. The Labute approximate surface area is 156 Å². The first-order valence-corrected chi connectivity index (χ1v) is 9.69. The first kappa shape index (κ1) is 20.3. The largest absolute Gasteiger partial charge is 0.497 e. The van der Waals surface area contributed by atoms with E-state index in [-0.39, 0.29) is 17.9 Å². The third-order valence-electron chi connectivity index (χ3n) is 5.04. The molecule has 1 aromatic carbocycles. The van der Waals surface area contributed by atoms with Crippen LogP contribution in [-0.4, -0.2) is 43.1 Å². The van der Waals surface area contributed by atoms with Crippen LogP contribution >= 0.6 is 0 Å². The molecule has 0 aromatic heterocycles. The number of rotatable bonds is 9. The number of nitrogens with zero attached hydrogens (tertiary/aromatic N) is 1. The van der Waals surface area contributed by atoms with Crippen molar-refractivity contribution in [2.75, 3.05) is 20.3 Å². The molecule has 0 fully saturated rings. The summed E-state index contributed by atoms with van der Waals surface area (Å²) in [6, 6.07) is 6.49. The van der Waals surface area contributed by atoms with Gasteiger partial charge in [0.2, 0.25) is 5.91 Å². The summed E-state index contributed by atoms with van der Waals surface area (Å²) in [6.45, 7) is 4.99. The summed E-state index contributed by atoms with van der Waals surface area (Å²) in [7, 11) is 1.69. The van der Waals surface area contributed by atoms with Gasteiger partial charge in [-0.25, -0.2) is 0 Å². The van der Waals surface area contributed by atoms with Crippen molar-refractivity contribution in [1.82, 2.24) is 4.90 Å². The van der Waals surface area contributed by atoms with E-state index >= 15 is 0 Å². The number of carbonyl (C=O) groups is 2. The first-order valence-electron chi connectivity index (χ1n) is 9.69. The van der Waals surface area contributed by atoms with Crippen LogP contribution in [0.3, 0.4) is 0 Å². The Morgan fingerprint density at radius 1 is 1.15 bits per heavy atom. The average molecular weight is 361 g/mol. The predicted molar refractivity (Wildman–Crippen MR) is 101 cm³/mol. The predicted octanol–water partition coefficient (Wildman–Crippen LogP) is 3.52. The van der Waals surface area contributed by atoms with Crippen molar-refractivity contribution in [3.8, 4) is 5.75 Å². The number of ether oxygens (including phenoxy) is 2. The van der Waals surface area contributed by atoms with Gasteiger partial charge < -0.3 is 14.4 Å². The van der Waals surface area contributed by atoms with Gasteiger partial charge in [-0.2, -0.15) is 0 Å². The molecule has 0 saturated carbocycles. The number of carbonyl (C=O) groups excluding carboxylic acids is 2. The van der Waals surface area contributed by atoms with Crippen LogP contribution in [0.15, 0.2) is 18.2 Å². The summed E-state index contributed by atoms with van der Waals surface area (Å²) >= 11 is 0. The van der Waals surface area contributed by atoms with Gasteiger partial charge in [-0.15, -0.1) is 0 Å². The molecule has 2 rings (SSSR count). The Kier molecular flexibility index (Phi) is 7.95. The SMILES string of the molecule is CCOC(=O)CCCCC(=O)N(CC)C1CCc2cc(OC)ccc2C1. The molecule has 0 saturated heterocycles. The Morgan fingerprint density at radius 2 is 1.92 bits per heavy atom. The molecular weight excluding hydrogens is 330 g/mol. The first-order chi connectivity index (χ1) is 12.6. The van der Waals surface area contributed by atoms with E-state index in [0.29, 0.717) is 25.9 Å². The molecule has 1 aromatic rings. The number of hydrogen-bond acceptors (Lipinski definition) is 4. The van der Waals surface area contributed by atoms with Gasteiger partial charge in [-0.3, -0.25) is 9.59 Å². The number of fused-ring (bicyclic) bond motifs is 1. The number of esters is 1. The second-order valence-electron chi connectivity index (χ2n) is 6.72. The monoisotopic (exact) mass is 361 g/mol. The fraction of sp³-hybridized carbons (Fsp3) is 0.619. The lowest BCUT2D eigenvalue weighted by Crippen LogP contribution is -2.43. The highest BCUT2D eigenvalue weighted by Crippen LogP contribution is 2.28. The zero-order valence-corrected chi connectivity index (χ0v) is 16.3. The van der Waals surface area contributed by atoms with Crippen LogP contribution in [0.1, 0.15) is 57.1 Å². The van der Waals surface area contributed by atoms with Gasteiger partial charge in [-0.1, -0.05) is 6.07 Å². The van der Waals surface area contributed by atoms with Gasteiger partial charge >= 0.3 is 5.97 Å². The van der Waals surface area contributed by atoms with Crippen molar-refractivity contribution >= 4 is 11.9 Å². The highest BCUT2D eigenvalue weighted by molar-refractivity contribution is 5.76. The maximum absolute atomic E-state index is 12.6. The van der Waals surface area contributed by atoms with Crippen LogP contribution < -0.4 is 4.74 Å². The standard InChI is InChI=1S/C21H31NO4/c1-4-22(20(23)8-6-7-9-21(24)26-5-2)18-12-10-17-15-19(25-3)13-11-16(17)14-18/h11,13,15,18H,4-10,12,14H2,1-3H3. The zero-order chi connectivity index (χ0) is 18.9. The summed E-state index contributed by atoms with van der Waals surface area (Å²) in [4.78, 5) is 26.0. The molecule has 1 atom stereocenters. The van der Waals surface area contributed by atoms with E-state index < -0.39 is 0 Å². The van der Waals surface area contributed by atoms with Crippen LogP contribution in [0.5, 0.6) is 5.75 Å². The fourth-order valence-electron chi connectivity index (χ4n) is 3.67. The lowest BCUT2D eigenvalue weighted by molar-refractivity contribution is -0.143. The van der Waals surface area contributed by atoms with Gasteiger partial charge in [0.15, 0.2) is 0 Å². The number of methoxy groups -OCH3 is 1. The van der Waals surface area contributed by atoms with E-state index in [1.165, 1.54) is 11.1 Å². The van der Waals surface area contributed by atoms with Gasteiger partial charge in [0.1, 0.15) is 5.75 Å². The number of unbranched alkanes of at least 4 members (excludes halogenated alkanes) is 1. The topological polar surface area (TPSA) is 55.8 Å². The van der Waals surface area contributed by atoms with E-state index in [2.05, 4.69) is 12.1 Å². The molecule has 5 nitrogen and oxygen atoms in total. The second kappa shape index (κ2) is 10.2. The molecule has 5 heteroatoms. The molecule has 0 radical (unpaired) electrons. The van der Waals surface area contributed by atoms with E-state index in [1.807, 2.05) is 17.9 Å². The minimum atomic E-state index is -0.174. The summed E-state index contributed by atoms with van der Waals surface area (Å²) in [6.07, 6.45) is 5.20. The highest BCUT2D eigenvalue weighted by atomic mass is 16.5. The third kappa shape index (κ3) is 5.48. The van der Waals surface area contributed by atoms with E-state index in [1.54, 1.807) is 14.0 Å². The molecule has 1 amide bonds. The molecule has 144 valence electrons. The summed E-state index contributed by atoms with van der Waals surface area (Å²) in [5.41, 5.74) is 2.65.